The Hall–Kier alpha value is -0.730. The summed E-state index contributed by atoms with van der Waals surface area (Å²) in [5, 5.41) is 4.27. The van der Waals surface area contributed by atoms with Crippen LogP contribution in [-0.2, 0) is 0 Å². The van der Waals surface area contributed by atoms with Gasteiger partial charge in [-0.05, 0) is 17.7 Å². The van der Waals surface area contributed by atoms with Crippen molar-refractivity contribution in [2.45, 2.75) is 12.0 Å². The Morgan fingerprint density at radius 2 is 2.29 bits per heavy atom. The topological polar surface area (TPSA) is 15.3 Å². The van der Waals surface area contributed by atoms with Gasteiger partial charge in [-0.3, -0.25) is 0 Å². The molecule has 0 saturated carbocycles. The number of likely N-dealkylation sites (N-methyl/N-ethyl adjacent to an activating group) is 1. The molecule has 0 radical (unpaired) electrons. The number of rotatable bonds is 0. The van der Waals surface area contributed by atoms with E-state index in [0.29, 0.717) is 12.0 Å². The van der Waals surface area contributed by atoms with Crippen LogP contribution in [0.15, 0.2) is 18.2 Å². The molecule has 0 aliphatic carbocycles. The highest BCUT2D eigenvalue weighted by molar-refractivity contribution is 6.30. The van der Waals surface area contributed by atoms with Gasteiger partial charge in [0, 0.05) is 42.8 Å². The normalized spacial score (nSPS) is 29.1. The van der Waals surface area contributed by atoms with E-state index in [2.05, 4.69) is 29.4 Å². The first-order chi connectivity index (χ1) is 6.77. The molecule has 2 nitrogen and oxygen atoms in total. The highest BCUT2D eigenvalue weighted by Crippen LogP contribution is 2.42. The van der Waals surface area contributed by atoms with Crippen molar-refractivity contribution in [3.8, 4) is 0 Å². The fourth-order valence-electron chi connectivity index (χ4n) is 2.70. The molecule has 1 fully saturated rings. The lowest BCUT2D eigenvalue weighted by atomic mass is 9.98. The molecule has 0 bridgehead atoms. The monoisotopic (exact) mass is 208 g/mol. The Morgan fingerprint density at radius 1 is 1.43 bits per heavy atom. The second kappa shape index (κ2) is 2.88. The van der Waals surface area contributed by atoms with Crippen molar-refractivity contribution in [2.75, 3.05) is 25.0 Å². The van der Waals surface area contributed by atoms with Gasteiger partial charge in [-0.1, -0.05) is 17.7 Å². The van der Waals surface area contributed by atoms with Gasteiger partial charge in [-0.25, -0.2) is 0 Å². The van der Waals surface area contributed by atoms with E-state index < -0.39 is 0 Å². The molecule has 2 aliphatic rings. The average Bonchev–Trinajstić information content (AvgIpc) is 2.72. The molecule has 3 heteroatoms. The van der Waals surface area contributed by atoms with E-state index >= 15 is 0 Å². The van der Waals surface area contributed by atoms with Crippen molar-refractivity contribution < 1.29 is 0 Å². The molecule has 1 aromatic rings. The van der Waals surface area contributed by atoms with Crippen LogP contribution in [0, 0.1) is 0 Å². The van der Waals surface area contributed by atoms with Crippen LogP contribution in [0.25, 0.3) is 0 Å². The third-order valence-electron chi connectivity index (χ3n) is 3.45. The highest BCUT2D eigenvalue weighted by Gasteiger charge is 2.39. The molecule has 2 atom stereocenters. The zero-order chi connectivity index (χ0) is 9.71. The molecule has 2 aliphatic heterocycles. The van der Waals surface area contributed by atoms with Gasteiger partial charge in [0.2, 0.25) is 0 Å². The second-order valence-corrected chi connectivity index (χ2v) is 4.58. The fourth-order valence-corrected chi connectivity index (χ4v) is 2.87. The van der Waals surface area contributed by atoms with Gasteiger partial charge in [-0.2, -0.15) is 0 Å². The molecule has 3 rings (SSSR count). The van der Waals surface area contributed by atoms with Gasteiger partial charge < -0.3 is 10.2 Å². The highest BCUT2D eigenvalue weighted by atomic mass is 35.5. The molecule has 2 heterocycles. The van der Waals surface area contributed by atoms with Crippen molar-refractivity contribution in [1.29, 1.82) is 0 Å². The number of hydrogen-bond acceptors (Lipinski definition) is 2. The lowest BCUT2D eigenvalue weighted by Crippen LogP contribution is -2.31. The molecule has 1 N–H and O–H groups in total. The van der Waals surface area contributed by atoms with E-state index in [-0.39, 0.29) is 0 Å². The molecule has 0 spiro atoms. The van der Waals surface area contributed by atoms with Crippen LogP contribution in [0.2, 0.25) is 5.02 Å². The first-order valence-corrected chi connectivity index (χ1v) is 5.38. The van der Waals surface area contributed by atoms with E-state index in [1.807, 2.05) is 6.07 Å². The largest absolute Gasteiger partial charge is 0.369 e. The van der Waals surface area contributed by atoms with E-state index in [9.17, 15) is 0 Å². The minimum absolute atomic E-state index is 0.628. The number of fused-ring (bicyclic) bond motifs is 3. The van der Waals surface area contributed by atoms with Crippen molar-refractivity contribution in [3.05, 3.63) is 28.8 Å². The van der Waals surface area contributed by atoms with Gasteiger partial charge in [0.05, 0.1) is 0 Å². The van der Waals surface area contributed by atoms with Gasteiger partial charge >= 0.3 is 0 Å². The summed E-state index contributed by atoms with van der Waals surface area (Å²) in [7, 11) is 2.16. The average molecular weight is 209 g/mol. The minimum atomic E-state index is 0.628. The van der Waals surface area contributed by atoms with Crippen LogP contribution in [0.5, 0.6) is 0 Å². The standard InChI is InChI=1S/C11H13ClN2/c1-14-10-4-7(12)2-3-8(10)9-5-13-6-11(9)14/h2-4,9,11,13H,5-6H2,1H3. The predicted molar refractivity (Wildman–Crippen MR) is 59.3 cm³/mol. The maximum absolute atomic E-state index is 6.00. The zero-order valence-electron chi connectivity index (χ0n) is 8.13. The second-order valence-electron chi connectivity index (χ2n) is 4.15. The van der Waals surface area contributed by atoms with Crippen LogP contribution >= 0.6 is 11.6 Å². The number of nitrogens with one attached hydrogen (secondary N) is 1. The van der Waals surface area contributed by atoms with Gasteiger partial charge in [0.15, 0.2) is 0 Å². The third kappa shape index (κ3) is 1.01. The maximum Gasteiger partial charge on any atom is 0.0492 e. The van der Waals surface area contributed by atoms with Gasteiger partial charge in [-0.15, -0.1) is 0 Å². The molecule has 74 valence electrons. The summed E-state index contributed by atoms with van der Waals surface area (Å²) in [6, 6.07) is 6.87. The molecular formula is C11H13ClN2. The Kier molecular flexibility index (Phi) is 1.76. The van der Waals surface area contributed by atoms with Gasteiger partial charge in [0.1, 0.15) is 0 Å². The van der Waals surface area contributed by atoms with E-state index in [4.69, 9.17) is 11.6 Å². The first kappa shape index (κ1) is 8.57. The lowest BCUT2D eigenvalue weighted by molar-refractivity contribution is 0.663. The SMILES string of the molecule is CN1c2cc(Cl)ccc2C2CNCC21. The molecule has 1 aromatic carbocycles. The minimum Gasteiger partial charge on any atom is -0.369 e. The van der Waals surface area contributed by atoms with E-state index in [1.165, 1.54) is 11.3 Å². The van der Waals surface area contributed by atoms with Crippen LogP contribution in [0.1, 0.15) is 11.5 Å². The third-order valence-corrected chi connectivity index (χ3v) is 3.69. The number of benzene rings is 1. The van der Waals surface area contributed by atoms with Gasteiger partial charge in [0.25, 0.3) is 0 Å². The number of anilines is 1. The quantitative estimate of drug-likeness (QED) is 0.700. The van der Waals surface area contributed by atoms with Crippen molar-refractivity contribution >= 4 is 17.3 Å². The summed E-state index contributed by atoms with van der Waals surface area (Å²) in [6.07, 6.45) is 0. The Labute approximate surface area is 88.9 Å². The summed E-state index contributed by atoms with van der Waals surface area (Å²) in [6.45, 7) is 2.19. The number of hydrogen-bond donors (Lipinski definition) is 1. The van der Waals surface area contributed by atoms with Crippen molar-refractivity contribution in [1.82, 2.24) is 5.32 Å². The fraction of sp³-hybridized carbons (Fsp3) is 0.455. The lowest BCUT2D eigenvalue weighted by Gasteiger charge is -2.20. The van der Waals surface area contributed by atoms with E-state index in [0.717, 1.165) is 18.1 Å². The molecule has 14 heavy (non-hydrogen) atoms. The summed E-state index contributed by atoms with van der Waals surface area (Å²) in [5.41, 5.74) is 2.76. The van der Waals surface area contributed by atoms with Crippen LogP contribution < -0.4 is 10.2 Å². The molecule has 0 amide bonds. The van der Waals surface area contributed by atoms with E-state index in [1.54, 1.807) is 0 Å². The van der Waals surface area contributed by atoms with Crippen LogP contribution in [0.3, 0.4) is 0 Å². The zero-order valence-corrected chi connectivity index (χ0v) is 8.88. The number of nitrogens with zero attached hydrogens (tertiary/aromatic N) is 1. The summed E-state index contributed by atoms with van der Waals surface area (Å²) < 4.78 is 0. The number of halogens is 1. The Balaban J connectivity index is 2.13. The van der Waals surface area contributed by atoms with Crippen LogP contribution in [-0.4, -0.2) is 26.2 Å². The molecule has 2 unspecified atom stereocenters. The Morgan fingerprint density at radius 3 is 3.14 bits per heavy atom. The summed E-state index contributed by atoms with van der Waals surface area (Å²) in [4.78, 5) is 2.35. The molecule has 0 aromatic heterocycles. The molecular weight excluding hydrogens is 196 g/mol. The van der Waals surface area contributed by atoms with Crippen molar-refractivity contribution in [2.24, 2.45) is 0 Å². The van der Waals surface area contributed by atoms with Crippen LogP contribution in [0.4, 0.5) is 5.69 Å². The first-order valence-electron chi connectivity index (χ1n) is 5.00. The molecule has 1 saturated heterocycles. The summed E-state index contributed by atoms with van der Waals surface area (Å²) in [5.74, 6) is 0.660. The predicted octanol–water partition coefficient (Wildman–Crippen LogP) is 1.85. The Bertz CT molecular complexity index is 378. The maximum atomic E-state index is 6.00. The van der Waals surface area contributed by atoms with Crippen molar-refractivity contribution in [3.63, 3.8) is 0 Å². The summed E-state index contributed by atoms with van der Waals surface area (Å²) >= 11 is 6.00. The smallest absolute Gasteiger partial charge is 0.0492 e.